The fraction of sp³-hybridized carbons (Fsp3) is 1.00. The van der Waals surface area contributed by atoms with Gasteiger partial charge in [0.2, 0.25) is 0 Å². The molecule has 0 spiro atoms. The molecule has 0 amide bonds. The van der Waals surface area contributed by atoms with Crippen molar-refractivity contribution in [1.29, 1.82) is 0 Å². The van der Waals surface area contributed by atoms with Gasteiger partial charge in [-0.3, -0.25) is 0 Å². The number of hydrogen-bond acceptors (Lipinski definition) is 3. The molecule has 2 heterocycles. The summed E-state index contributed by atoms with van der Waals surface area (Å²) in [6.07, 6.45) is 7.27. The molecule has 0 radical (unpaired) electrons. The molecule has 0 aromatic rings. The molecule has 3 rings (SSSR count). The SMILES string of the molecule is CC1(C)C(NCCC2CCCCO2)C2CCOC21. The van der Waals surface area contributed by atoms with Gasteiger partial charge in [0.1, 0.15) is 0 Å². The topological polar surface area (TPSA) is 30.5 Å². The molecule has 4 atom stereocenters. The van der Waals surface area contributed by atoms with Crippen LogP contribution in [-0.4, -0.2) is 38.0 Å². The Morgan fingerprint density at radius 2 is 2.00 bits per heavy atom. The molecule has 0 aromatic heterocycles. The van der Waals surface area contributed by atoms with E-state index < -0.39 is 0 Å². The summed E-state index contributed by atoms with van der Waals surface area (Å²) in [5, 5.41) is 3.77. The van der Waals surface area contributed by atoms with Gasteiger partial charge in [0.25, 0.3) is 0 Å². The Morgan fingerprint density at radius 3 is 2.78 bits per heavy atom. The number of ether oxygens (including phenoxy) is 2. The van der Waals surface area contributed by atoms with Crippen molar-refractivity contribution < 1.29 is 9.47 Å². The number of rotatable bonds is 4. The number of hydrogen-bond donors (Lipinski definition) is 1. The summed E-state index contributed by atoms with van der Waals surface area (Å²) in [5.74, 6) is 0.757. The molecule has 1 saturated carbocycles. The maximum Gasteiger partial charge on any atom is 0.0685 e. The quantitative estimate of drug-likeness (QED) is 0.834. The minimum absolute atomic E-state index is 0.314. The van der Waals surface area contributed by atoms with Crippen molar-refractivity contribution in [2.75, 3.05) is 19.8 Å². The Morgan fingerprint density at radius 1 is 1.11 bits per heavy atom. The summed E-state index contributed by atoms with van der Waals surface area (Å²) < 4.78 is 11.6. The predicted octanol–water partition coefficient (Wildman–Crippen LogP) is 2.35. The zero-order valence-electron chi connectivity index (χ0n) is 11.8. The van der Waals surface area contributed by atoms with Gasteiger partial charge in [-0.1, -0.05) is 13.8 Å². The molecule has 2 saturated heterocycles. The molecule has 3 heteroatoms. The smallest absolute Gasteiger partial charge is 0.0685 e. The number of nitrogens with one attached hydrogen (secondary N) is 1. The summed E-state index contributed by atoms with van der Waals surface area (Å²) in [6.45, 7) is 7.71. The van der Waals surface area contributed by atoms with Gasteiger partial charge in [0.05, 0.1) is 12.2 Å². The van der Waals surface area contributed by atoms with Crippen LogP contribution in [0.2, 0.25) is 0 Å². The Hall–Kier alpha value is -0.120. The molecular formula is C15H27NO2. The van der Waals surface area contributed by atoms with Crippen molar-refractivity contribution in [3.05, 3.63) is 0 Å². The molecule has 0 aromatic carbocycles. The van der Waals surface area contributed by atoms with E-state index in [4.69, 9.17) is 9.47 Å². The highest BCUT2D eigenvalue weighted by Crippen LogP contribution is 2.52. The Bertz CT molecular complexity index is 286. The van der Waals surface area contributed by atoms with E-state index >= 15 is 0 Å². The Labute approximate surface area is 111 Å². The number of fused-ring (bicyclic) bond motifs is 1. The normalized spacial score (nSPS) is 42.3. The van der Waals surface area contributed by atoms with Crippen LogP contribution in [0.3, 0.4) is 0 Å². The lowest BCUT2D eigenvalue weighted by Gasteiger charge is -2.55. The van der Waals surface area contributed by atoms with Gasteiger partial charge in [0, 0.05) is 30.6 Å². The fourth-order valence-corrected chi connectivity index (χ4v) is 4.17. The molecule has 104 valence electrons. The first-order valence-corrected chi connectivity index (χ1v) is 7.66. The maximum atomic E-state index is 5.83. The monoisotopic (exact) mass is 253 g/mol. The van der Waals surface area contributed by atoms with E-state index in [9.17, 15) is 0 Å². The van der Waals surface area contributed by atoms with Crippen LogP contribution in [0.4, 0.5) is 0 Å². The highest BCUT2D eigenvalue weighted by atomic mass is 16.5. The molecule has 1 N–H and O–H groups in total. The van der Waals surface area contributed by atoms with Gasteiger partial charge < -0.3 is 14.8 Å². The third-order valence-corrected chi connectivity index (χ3v) is 5.21. The highest BCUT2D eigenvalue weighted by molar-refractivity contribution is 5.11. The third-order valence-electron chi connectivity index (χ3n) is 5.21. The van der Waals surface area contributed by atoms with E-state index in [0.29, 0.717) is 23.7 Å². The van der Waals surface area contributed by atoms with Gasteiger partial charge in [-0.25, -0.2) is 0 Å². The van der Waals surface area contributed by atoms with E-state index in [1.165, 1.54) is 32.1 Å². The average molecular weight is 253 g/mol. The van der Waals surface area contributed by atoms with Crippen LogP contribution in [0.15, 0.2) is 0 Å². The molecule has 4 unspecified atom stereocenters. The van der Waals surface area contributed by atoms with Crippen LogP contribution < -0.4 is 5.32 Å². The van der Waals surface area contributed by atoms with E-state index in [0.717, 1.165) is 25.7 Å². The lowest BCUT2D eigenvalue weighted by molar-refractivity contribution is -0.113. The van der Waals surface area contributed by atoms with Gasteiger partial charge in [-0.05, 0) is 38.6 Å². The summed E-state index contributed by atoms with van der Waals surface area (Å²) >= 11 is 0. The lowest BCUT2D eigenvalue weighted by atomic mass is 9.57. The van der Waals surface area contributed by atoms with Crippen LogP contribution in [0.1, 0.15) is 46.0 Å². The van der Waals surface area contributed by atoms with Crippen LogP contribution in [0.25, 0.3) is 0 Å². The molecule has 2 aliphatic heterocycles. The zero-order valence-corrected chi connectivity index (χ0v) is 11.8. The second-order valence-corrected chi connectivity index (χ2v) is 6.77. The Kier molecular flexibility index (Phi) is 3.65. The third kappa shape index (κ3) is 2.21. The Balaban J connectivity index is 1.43. The lowest BCUT2D eigenvalue weighted by Crippen LogP contribution is -2.66. The first-order valence-electron chi connectivity index (χ1n) is 7.66. The summed E-state index contributed by atoms with van der Waals surface area (Å²) in [5.41, 5.74) is 0.314. The van der Waals surface area contributed by atoms with Gasteiger partial charge >= 0.3 is 0 Å². The first-order chi connectivity index (χ1) is 8.69. The van der Waals surface area contributed by atoms with E-state index in [1.807, 2.05) is 0 Å². The standard InChI is InChI=1S/C15H27NO2/c1-15(2)13(12-7-10-18-14(12)15)16-8-6-11-5-3-4-9-17-11/h11-14,16H,3-10H2,1-2H3. The van der Waals surface area contributed by atoms with Crippen LogP contribution in [-0.2, 0) is 9.47 Å². The van der Waals surface area contributed by atoms with Gasteiger partial charge in [-0.2, -0.15) is 0 Å². The molecule has 18 heavy (non-hydrogen) atoms. The van der Waals surface area contributed by atoms with Gasteiger partial charge in [0.15, 0.2) is 0 Å². The fourth-order valence-electron chi connectivity index (χ4n) is 4.17. The van der Waals surface area contributed by atoms with Crippen LogP contribution >= 0.6 is 0 Å². The molecular weight excluding hydrogens is 226 g/mol. The van der Waals surface area contributed by atoms with Crippen molar-refractivity contribution >= 4 is 0 Å². The second kappa shape index (κ2) is 5.10. The molecule has 3 aliphatic rings. The van der Waals surface area contributed by atoms with Crippen molar-refractivity contribution in [2.24, 2.45) is 11.3 Å². The average Bonchev–Trinajstić information content (AvgIpc) is 2.82. The maximum absolute atomic E-state index is 5.83. The summed E-state index contributed by atoms with van der Waals surface area (Å²) in [7, 11) is 0. The first kappa shape index (κ1) is 12.9. The van der Waals surface area contributed by atoms with Crippen LogP contribution in [0.5, 0.6) is 0 Å². The minimum Gasteiger partial charge on any atom is -0.378 e. The molecule has 3 fully saturated rings. The summed E-state index contributed by atoms with van der Waals surface area (Å²) in [4.78, 5) is 0. The van der Waals surface area contributed by atoms with E-state index in [-0.39, 0.29) is 0 Å². The molecule has 1 aliphatic carbocycles. The van der Waals surface area contributed by atoms with Crippen molar-refractivity contribution in [2.45, 2.75) is 64.2 Å². The van der Waals surface area contributed by atoms with E-state index in [1.54, 1.807) is 0 Å². The van der Waals surface area contributed by atoms with Crippen molar-refractivity contribution in [3.8, 4) is 0 Å². The van der Waals surface area contributed by atoms with Gasteiger partial charge in [-0.15, -0.1) is 0 Å². The van der Waals surface area contributed by atoms with Crippen LogP contribution in [0, 0.1) is 11.3 Å². The summed E-state index contributed by atoms with van der Waals surface area (Å²) in [6, 6.07) is 0.647. The second-order valence-electron chi connectivity index (χ2n) is 6.77. The molecule has 0 bridgehead atoms. The zero-order chi connectivity index (χ0) is 12.6. The van der Waals surface area contributed by atoms with E-state index in [2.05, 4.69) is 19.2 Å². The predicted molar refractivity (Wildman–Crippen MR) is 71.6 cm³/mol. The largest absolute Gasteiger partial charge is 0.378 e. The van der Waals surface area contributed by atoms with Crippen molar-refractivity contribution in [1.82, 2.24) is 5.32 Å². The van der Waals surface area contributed by atoms with Crippen molar-refractivity contribution in [3.63, 3.8) is 0 Å². The molecule has 3 nitrogen and oxygen atoms in total. The minimum atomic E-state index is 0.314. The highest BCUT2D eigenvalue weighted by Gasteiger charge is 2.58.